The van der Waals surface area contributed by atoms with E-state index in [4.69, 9.17) is 4.74 Å². The third kappa shape index (κ3) is 8.05. The number of hydrogen-bond donors (Lipinski definition) is 2. The third-order valence-corrected chi connectivity index (χ3v) is 2.61. The molecule has 0 bridgehead atoms. The Morgan fingerprint density at radius 2 is 2.00 bits per heavy atom. The summed E-state index contributed by atoms with van der Waals surface area (Å²) >= 11 is 0. The van der Waals surface area contributed by atoms with Crippen LogP contribution in [0.1, 0.15) is 11.1 Å². The van der Waals surface area contributed by atoms with E-state index in [0.29, 0.717) is 6.61 Å². The Balaban J connectivity index is 0.00000324. The number of rotatable bonds is 6. The normalized spacial score (nSPS) is 10.8. The van der Waals surface area contributed by atoms with Crippen LogP contribution in [0.5, 0.6) is 0 Å². The molecule has 0 aliphatic heterocycles. The fraction of sp³-hybridized carbons (Fsp3) is 0.500. The minimum absolute atomic E-state index is 0. The van der Waals surface area contributed by atoms with Crippen LogP contribution in [-0.2, 0) is 11.2 Å². The number of aliphatic imine (C=N–C) groups is 1. The van der Waals surface area contributed by atoms with Crippen molar-refractivity contribution in [3.63, 3.8) is 0 Å². The van der Waals surface area contributed by atoms with Crippen LogP contribution in [0.3, 0.4) is 0 Å². The fourth-order valence-corrected chi connectivity index (χ4v) is 1.68. The lowest BCUT2D eigenvalue weighted by Crippen LogP contribution is -2.39. The van der Waals surface area contributed by atoms with Gasteiger partial charge in [-0.2, -0.15) is 0 Å². The van der Waals surface area contributed by atoms with E-state index in [1.54, 1.807) is 14.2 Å². The van der Waals surface area contributed by atoms with Gasteiger partial charge in [-0.25, -0.2) is 0 Å². The van der Waals surface area contributed by atoms with Gasteiger partial charge in [-0.3, -0.25) is 4.99 Å². The Hall–Kier alpha value is -0.820. The molecule has 0 heterocycles. The van der Waals surface area contributed by atoms with Crippen molar-refractivity contribution in [2.45, 2.75) is 13.3 Å². The number of hydrogen-bond acceptors (Lipinski definition) is 2. The lowest BCUT2D eigenvalue weighted by Gasteiger charge is -2.11. The highest BCUT2D eigenvalue weighted by Crippen LogP contribution is 2.03. The van der Waals surface area contributed by atoms with Crippen molar-refractivity contribution in [3.05, 3.63) is 35.4 Å². The summed E-state index contributed by atoms with van der Waals surface area (Å²) in [5.41, 5.74) is 2.64. The smallest absolute Gasteiger partial charge is 0.191 e. The Labute approximate surface area is 133 Å². The van der Waals surface area contributed by atoms with Crippen LogP contribution in [-0.4, -0.2) is 39.8 Å². The number of benzene rings is 1. The molecule has 19 heavy (non-hydrogen) atoms. The highest BCUT2D eigenvalue weighted by atomic mass is 127. The molecule has 4 nitrogen and oxygen atoms in total. The molecule has 1 rings (SSSR count). The molecule has 0 saturated carbocycles. The molecule has 0 saturated heterocycles. The topological polar surface area (TPSA) is 45.7 Å². The fourth-order valence-electron chi connectivity index (χ4n) is 1.68. The van der Waals surface area contributed by atoms with Gasteiger partial charge in [0.2, 0.25) is 0 Å². The zero-order valence-electron chi connectivity index (χ0n) is 11.9. The maximum atomic E-state index is 4.98. The second kappa shape index (κ2) is 11.0. The summed E-state index contributed by atoms with van der Waals surface area (Å²) in [6.45, 7) is 4.43. The van der Waals surface area contributed by atoms with E-state index in [1.165, 1.54) is 11.1 Å². The number of aryl methyl sites for hydroxylation is 1. The van der Waals surface area contributed by atoms with Crippen molar-refractivity contribution in [2.24, 2.45) is 4.99 Å². The molecule has 1 aromatic rings. The van der Waals surface area contributed by atoms with Gasteiger partial charge >= 0.3 is 0 Å². The van der Waals surface area contributed by atoms with Crippen molar-refractivity contribution in [1.29, 1.82) is 0 Å². The van der Waals surface area contributed by atoms with Crippen LogP contribution in [0, 0.1) is 6.92 Å². The van der Waals surface area contributed by atoms with Crippen LogP contribution in [0.15, 0.2) is 29.3 Å². The SMILES string of the molecule is CN=C(NCCOC)NCCc1cccc(C)c1.I. The summed E-state index contributed by atoms with van der Waals surface area (Å²) in [5, 5.41) is 6.46. The zero-order valence-corrected chi connectivity index (χ0v) is 14.2. The van der Waals surface area contributed by atoms with Gasteiger partial charge in [-0.1, -0.05) is 29.8 Å². The Kier molecular flexibility index (Phi) is 10.6. The number of nitrogens with zero attached hydrogens (tertiary/aromatic N) is 1. The van der Waals surface area contributed by atoms with Crippen LogP contribution in [0.2, 0.25) is 0 Å². The van der Waals surface area contributed by atoms with Gasteiger partial charge in [0.05, 0.1) is 6.61 Å². The minimum atomic E-state index is 0. The van der Waals surface area contributed by atoms with E-state index in [9.17, 15) is 0 Å². The average molecular weight is 377 g/mol. The number of nitrogens with one attached hydrogen (secondary N) is 2. The van der Waals surface area contributed by atoms with E-state index in [-0.39, 0.29) is 24.0 Å². The van der Waals surface area contributed by atoms with Gasteiger partial charge in [-0.15, -0.1) is 24.0 Å². The van der Waals surface area contributed by atoms with E-state index in [0.717, 1.165) is 25.5 Å². The number of halogens is 1. The van der Waals surface area contributed by atoms with Gasteiger partial charge < -0.3 is 15.4 Å². The Morgan fingerprint density at radius 3 is 2.63 bits per heavy atom. The van der Waals surface area contributed by atoms with Gasteiger partial charge in [-0.05, 0) is 18.9 Å². The number of ether oxygens (including phenoxy) is 1. The highest BCUT2D eigenvalue weighted by Gasteiger charge is 1.97. The number of methoxy groups -OCH3 is 1. The average Bonchev–Trinajstić information content (AvgIpc) is 2.37. The molecule has 0 atom stereocenters. The molecule has 0 fully saturated rings. The quantitative estimate of drug-likeness (QED) is 0.345. The maximum absolute atomic E-state index is 4.98. The largest absolute Gasteiger partial charge is 0.383 e. The Bertz CT molecular complexity index is 383. The van der Waals surface area contributed by atoms with Gasteiger partial charge in [0.1, 0.15) is 0 Å². The lowest BCUT2D eigenvalue weighted by molar-refractivity contribution is 0.203. The first-order valence-corrected chi connectivity index (χ1v) is 6.25. The predicted octanol–water partition coefficient (Wildman–Crippen LogP) is 1.97. The minimum Gasteiger partial charge on any atom is -0.383 e. The van der Waals surface area contributed by atoms with E-state index in [1.807, 2.05) is 0 Å². The summed E-state index contributed by atoms with van der Waals surface area (Å²) in [5.74, 6) is 0.819. The molecule has 108 valence electrons. The molecule has 1 aromatic carbocycles. The van der Waals surface area contributed by atoms with Crippen LogP contribution in [0.4, 0.5) is 0 Å². The van der Waals surface area contributed by atoms with E-state index in [2.05, 4.69) is 46.8 Å². The Morgan fingerprint density at radius 1 is 1.26 bits per heavy atom. The first-order valence-electron chi connectivity index (χ1n) is 6.25. The standard InChI is InChI=1S/C14H23N3O.HI/c1-12-5-4-6-13(11-12)7-8-16-14(15-2)17-9-10-18-3;/h4-6,11H,7-10H2,1-3H3,(H2,15,16,17);1H. The van der Waals surface area contributed by atoms with Gasteiger partial charge in [0, 0.05) is 27.2 Å². The first-order chi connectivity index (χ1) is 8.76. The monoisotopic (exact) mass is 377 g/mol. The van der Waals surface area contributed by atoms with Crippen LogP contribution in [0.25, 0.3) is 0 Å². The summed E-state index contributed by atoms with van der Waals surface area (Å²) in [4.78, 5) is 4.15. The molecule has 2 N–H and O–H groups in total. The summed E-state index contributed by atoms with van der Waals surface area (Å²) in [6.07, 6.45) is 0.993. The molecule has 0 aromatic heterocycles. The van der Waals surface area contributed by atoms with Crippen molar-refractivity contribution < 1.29 is 4.74 Å². The molecule has 5 heteroatoms. The van der Waals surface area contributed by atoms with Gasteiger partial charge in [0.25, 0.3) is 0 Å². The zero-order chi connectivity index (χ0) is 13.2. The van der Waals surface area contributed by atoms with Crippen molar-refractivity contribution in [1.82, 2.24) is 10.6 Å². The van der Waals surface area contributed by atoms with E-state index < -0.39 is 0 Å². The maximum Gasteiger partial charge on any atom is 0.191 e. The van der Waals surface area contributed by atoms with Crippen molar-refractivity contribution in [3.8, 4) is 0 Å². The predicted molar refractivity (Wildman–Crippen MR) is 91.5 cm³/mol. The molecule has 0 spiro atoms. The first kappa shape index (κ1) is 18.2. The molecule has 0 aliphatic rings. The summed E-state index contributed by atoms with van der Waals surface area (Å²) < 4.78 is 4.98. The van der Waals surface area contributed by atoms with Crippen LogP contribution < -0.4 is 10.6 Å². The number of guanidine groups is 1. The molecule has 0 aliphatic carbocycles. The molecular weight excluding hydrogens is 353 g/mol. The molecular formula is C14H24IN3O. The third-order valence-electron chi connectivity index (χ3n) is 2.61. The summed E-state index contributed by atoms with van der Waals surface area (Å²) in [6, 6.07) is 8.57. The molecule has 0 unspecified atom stereocenters. The van der Waals surface area contributed by atoms with E-state index >= 15 is 0 Å². The second-order valence-corrected chi connectivity index (χ2v) is 4.16. The van der Waals surface area contributed by atoms with Gasteiger partial charge in [0.15, 0.2) is 5.96 Å². The highest BCUT2D eigenvalue weighted by molar-refractivity contribution is 14.0. The molecule has 0 amide bonds. The van der Waals surface area contributed by atoms with Crippen LogP contribution >= 0.6 is 24.0 Å². The second-order valence-electron chi connectivity index (χ2n) is 4.16. The summed E-state index contributed by atoms with van der Waals surface area (Å²) in [7, 11) is 3.46. The lowest BCUT2D eigenvalue weighted by atomic mass is 10.1. The molecule has 0 radical (unpaired) electrons. The van der Waals surface area contributed by atoms with Crippen molar-refractivity contribution in [2.75, 3.05) is 33.9 Å². The van der Waals surface area contributed by atoms with Crippen molar-refractivity contribution >= 4 is 29.9 Å².